The quantitative estimate of drug-likeness (QED) is 0.859. The molecule has 114 valence electrons. The van der Waals surface area contributed by atoms with Crippen molar-refractivity contribution in [2.75, 3.05) is 18.1 Å². The summed E-state index contributed by atoms with van der Waals surface area (Å²) in [6, 6.07) is 7.80. The minimum Gasteiger partial charge on any atom is -0.471 e. The molecule has 1 saturated carbocycles. The van der Waals surface area contributed by atoms with Crippen LogP contribution in [0.3, 0.4) is 0 Å². The van der Waals surface area contributed by atoms with Crippen LogP contribution in [0, 0.1) is 0 Å². The number of anilines is 1. The van der Waals surface area contributed by atoms with Crippen LogP contribution in [-0.2, 0) is 4.74 Å². The van der Waals surface area contributed by atoms with Gasteiger partial charge in [0.25, 0.3) is 0 Å². The lowest BCUT2D eigenvalue weighted by Gasteiger charge is -2.38. The van der Waals surface area contributed by atoms with E-state index in [2.05, 4.69) is 19.9 Å². The standard InChI is InChI=1S/C16H18N4O2/c1-2-7-17-14(4-1)22-13-6-5-12-15(13)21-11-10-20(12)16-18-8-3-9-19-16/h1-4,7-9,12-13,15H,5-6,10-11H2/t12-,13+,15+/m0/s1. The van der Waals surface area contributed by atoms with Crippen molar-refractivity contribution in [3.05, 3.63) is 42.9 Å². The summed E-state index contributed by atoms with van der Waals surface area (Å²) in [5.74, 6) is 1.43. The van der Waals surface area contributed by atoms with Crippen molar-refractivity contribution in [2.45, 2.75) is 31.1 Å². The molecule has 0 N–H and O–H groups in total. The largest absolute Gasteiger partial charge is 0.471 e. The van der Waals surface area contributed by atoms with E-state index >= 15 is 0 Å². The smallest absolute Gasteiger partial charge is 0.225 e. The van der Waals surface area contributed by atoms with Gasteiger partial charge in [-0.3, -0.25) is 0 Å². The third-order valence-corrected chi connectivity index (χ3v) is 4.25. The molecule has 2 aromatic rings. The van der Waals surface area contributed by atoms with Crippen LogP contribution in [0.25, 0.3) is 0 Å². The summed E-state index contributed by atoms with van der Waals surface area (Å²) in [4.78, 5) is 15.2. The van der Waals surface area contributed by atoms with E-state index in [1.807, 2.05) is 24.3 Å². The van der Waals surface area contributed by atoms with Crippen LogP contribution in [-0.4, -0.2) is 46.4 Å². The molecule has 1 saturated heterocycles. The number of hydrogen-bond acceptors (Lipinski definition) is 6. The zero-order valence-electron chi connectivity index (χ0n) is 12.2. The average molecular weight is 298 g/mol. The number of ether oxygens (including phenoxy) is 2. The van der Waals surface area contributed by atoms with Gasteiger partial charge in [0.15, 0.2) is 0 Å². The molecule has 0 unspecified atom stereocenters. The van der Waals surface area contributed by atoms with Gasteiger partial charge in [0.2, 0.25) is 11.8 Å². The SMILES string of the molecule is c1ccc(O[C@@H]2CC[C@H]3[C@H]2OCCN3c2ncccn2)nc1. The Labute approximate surface area is 129 Å². The van der Waals surface area contributed by atoms with Crippen molar-refractivity contribution in [3.8, 4) is 5.88 Å². The molecular weight excluding hydrogens is 280 g/mol. The second kappa shape index (κ2) is 5.88. The first-order chi connectivity index (χ1) is 10.9. The van der Waals surface area contributed by atoms with E-state index in [1.165, 1.54) is 0 Å². The summed E-state index contributed by atoms with van der Waals surface area (Å²) in [5, 5.41) is 0. The van der Waals surface area contributed by atoms with Crippen LogP contribution in [0.1, 0.15) is 12.8 Å². The van der Waals surface area contributed by atoms with Crippen molar-refractivity contribution in [1.82, 2.24) is 15.0 Å². The van der Waals surface area contributed by atoms with Crippen molar-refractivity contribution < 1.29 is 9.47 Å². The maximum atomic E-state index is 6.03. The van der Waals surface area contributed by atoms with Crippen molar-refractivity contribution in [2.24, 2.45) is 0 Å². The fourth-order valence-corrected chi connectivity index (χ4v) is 3.30. The van der Waals surface area contributed by atoms with Crippen LogP contribution in [0.4, 0.5) is 5.95 Å². The van der Waals surface area contributed by atoms with E-state index in [9.17, 15) is 0 Å². The van der Waals surface area contributed by atoms with E-state index in [-0.39, 0.29) is 18.2 Å². The summed E-state index contributed by atoms with van der Waals surface area (Å²) >= 11 is 0. The van der Waals surface area contributed by atoms with Crippen LogP contribution < -0.4 is 9.64 Å². The minimum atomic E-state index is 0.0337. The predicted octanol–water partition coefficient (Wildman–Crippen LogP) is 1.69. The fourth-order valence-electron chi connectivity index (χ4n) is 3.30. The molecule has 2 aliphatic rings. The molecule has 0 bridgehead atoms. The first-order valence-corrected chi connectivity index (χ1v) is 7.65. The Bertz CT molecular complexity index is 610. The van der Waals surface area contributed by atoms with Gasteiger partial charge in [-0.05, 0) is 25.0 Å². The highest BCUT2D eigenvalue weighted by molar-refractivity contribution is 5.33. The van der Waals surface area contributed by atoms with Gasteiger partial charge in [-0.2, -0.15) is 0 Å². The molecule has 2 aromatic heterocycles. The molecular formula is C16H18N4O2. The number of pyridine rings is 1. The molecule has 0 amide bonds. The van der Waals surface area contributed by atoms with Gasteiger partial charge in [0.05, 0.1) is 12.6 Å². The van der Waals surface area contributed by atoms with E-state index in [1.54, 1.807) is 18.6 Å². The van der Waals surface area contributed by atoms with Gasteiger partial charge in [-0.15, -0.1) is 0 Å². The van der Waals surface area contributed by atoms with E-state index < -0.39 is 0 Å². The molecule has 4 rings (SSSR count). The molecule has 6 heteroatoms. The Kier molecular flexibility index (Phi) is 3.60. The van der Waals surface area contributed by atoms with Crippen LogP contribution >= 0.6 is 0 Å². The minimum absolute atomic E-state index is 0.0337. The maximum Gasteiger partial charge on any atom is 0.225 e. The summed E-state index contributed by atoms with van der Waals surface area (Å²) in [5.41, 5.74) is 0. The number of rotatable bonds is 3. The number of nitrogens with zero attached hydrogens (tertiary/aromatic N) is 4. The van der Waals surface area contributed by atoms with Gasteiger partial charge in [-0.1, -0.05) is 6.07 Å². The highest BCUT2D eigenvalue weighted by atomic mass is 16.5. The van der Waals surface area contributed by atoms with Gasteiger partial charge in [0.1, 0.15) is 12.2 Å². The Morgan fingerprint density at radius 1 is 1.05 bits per heavy atom. The molecule has 1 aliphatic heterocycles. The Hall–Kier alpha value is -2.21. The van der Waals surface area contributed by atoms with Gasteiger partial charge >= 0.3 is 0 Å². The Morgan fingerprint density at radius 3 is 2.73 bits per heavy atom. The van der Waals surface area contributed by atoms with Crippen LogP contribution in [0.15, 0.2) is 42.9 Å². The Morgan fingerprint density at radius 2 is 1.91 bits per heavy atom. The van der Waals surface area contributed by atoms with Crippen LogP contribution in [0.5, 0.6) is 5.88 Å². The molecule has 0 spiro atoms. The molecule has 0 radical (unpaired) electrons. The molecule has 1 aliphatic carbocycles. The molecule has 0 aromatic carbocycles. The first kappa shape index (κ1) is 13.5. The molecule has 22 heavy (non-hydrogen) atoms. The third-order valence-electron chi connectivity index (χ3n) is 4.25. The second-order valence-electron chi connectivity index (χ2n) is 5.55. The molecule has 3 atom stereocenters. The van der Waals surface area contributed by atoms with E-state index in [4.69, 9.17) is 9.47 Å². The average Bonchev–Trinajstić information content (AvgIpc) is 3.00. The second-order valence-corrected chi connectivity index (χ2v) is 5.55. The lowest BCUT2D eigenvalue weighted by atomic mass is 10.1. The summed E-state index contributed by atoms with van der Waals surface area (Å²) < 4.78 is 12.0. The van der Waals surface area contributed by atoms with Crippen LogP contribution in [0.2, 0.25) is 0 Å². The zero-order chi connectivity index (χ0) is 14.8. The normalized spacial score (nSPS) is 27.5. The monoisotopic (exact) mass is 298 g/mol. The van der Waals surface area contributed by atoms with Gasteiger partial charge in [-0.25, -0.2) is 15.0 Å². The van der Waals surface area contributed by atoms with Crippen molar-refractivity contribution in [3.63, 3.8) is 0 Å². The first-order valence-electron chi connectivity index (χ1n) is 7.65. The number of fused-ring (bicyclic) bond motifs is 1. The maximum absolute atomic E-state index is 6.03. The number of morpholine rings is 1. The summed E-state index contributed by atoms with van der Waals surface area (Å²) in [6.07, 6.45) is 7.35. The highest BCUT2D eigenvalue weighted by Gasteiger charge is 2.45. The van der Waals surface area contributed by atoms with E-state index in [0.29, 0.717) is 12.5 Å². The van der Waals surface area contributed by atoms with Crippen molar-refractivity contribution in [1.29, 1.82) is 0 Å². The number of hydrogen-bond donors (Lipinski definition) is 0. The third kappa shape index (κ3) is 2.50. The van der Waals surface area contributed by atoms with Gasteiger partial charge < -0.3 is 14.4 Å². The molecule has 6 nitrogen and oxygen atoms in total. The lowest BCUT2D eigenvalue weighted by molar-refractivity contribution is -0.0322. The summed E-state index contributed by atoms with van der Waals surface area (Å²) in [7, 11) is 0. The fraction of sp³-hybridized carbons (Fsp3) is 0.438. The topological polar surface area (TPSA) is 60.4 Å². The summed E-state index contributed by atoms with van der Waals surface area (Å²) in [6.45, 7) is 1.49. The highest BCUT2D eigenvalue weighted by Crippen LogP contribution is 2.33. The van der Waals surface area contributed by atoms with Crippen molar-refractivity contribution >= 4 is 5.95 Å². The lowest BCUT2D eigenvalue weighted by Crippen LogP contribution is -2.53. The van der Waals surface area contributed by atoms with Gasteiger partial charge in [0, 0.05) is 31.2 Å². The number of aromatic nitrogens is 3. The Balaban J connectivity index is 1.51. The van der Waals surface area contributed by atoms with E-state index in [0.717, 1.165) is 25.3 Å². The zero-order valence-corrected chi connectivity index (χ0v) is 12.2. The molecule has 2 fully saturated rings. The predicted molar refractivity (Wildman–Crippen MR) is 80.8 cm³/mol. The molecule has 3 heterocycles.